The lowest BCUT2D eigenvalue weighted by molar-refractivity contribution is 0.355. The summed E-state index contributed by atoms with van der Waals surface area (Å²) >= 11 is 0. The van der Waals surface area contributed by atoms with Gasteiger partial charge in [-0.05, 0) is 73.6 Å². The molecule has 1 saturated carbocycles. The molecule has 0 radical (unpaired) electrons. The van der Waals surface area contributed by atoms with E-state index in [1.807, 2.05) is 0 Å². The summed E-state index contributed by atoms with van der Waals surface area (Å²) in [7, 11) is 0. The van der Waals surface area contributed by atoms with Gasteiger partial charge in [-0.25, -0.2) is 0 Å². The van der Waals surface area contributed by atoms with Crippen LogP contribution in [0.25, 0.3) is 0 Å². The Balaban J connectivity index is 1.15. The van der Waals surface area contributed by atoms with Crippen LogP contribution in [-0.2, 0) is 0 Å². The molecule has 0 spiro atoms. The van der Waals surface area contributed by atoms with Crippen LogP contribution < -0.4 is 10.6 Å². The van der Waals surface area contributed by atoms with Crippen molar-refractivity contribution in [3.8, 4) is 0 Å². The Hall–Kier alpha value is -2.48. The number of fused-ring (bicyclic) bond motifs is 2. The molecular formula is C28H34N2. The first-order valence-electron chi connectivity index (χ1n) is 11.9. The zero-order valence-corrected chi connectivity index (χ0v) is 17.9. The van der Waals surface area contributed by atoms with E-state index in [0.29, 0.717) is 11.8 Å². The van der Waals surface area contributed by atoms with Gasteiger partial charge in [0.25, 0.3) is 0 Å². The number of benzene rings is 2. The molecule has 2 aromatic carbocycles. The summed E-state index contributed by atoms with van der Waals surface area (Å²) in [5.74, 6) is 2.69. The van der Waals surface area contributed by atoms with Crippen LogP contribution in [-0.4, -0.2) is 13.1 Å². The number of anilines is 2. The van der Waals surface area contributed by atoms with Crippen molar-refractivity contribution in [3.05, 3.63) is 84.0 Å². The van der Waals surface area contributed by atoms with E-state index in [-0.39, 0.29) is 0 Å². The Bertz CT molecular complexity index is 829. The highest BCUT2D eigenvalue weighted by molar-refractivity contribution is 5.56. The molecule has 2 heteroatoms. The van der Waals surface area contributed by atoms with Gasteiger partial charge in [0.1, 0.15) is 0 Å². The third kappa shape index (κ3) is 4.33. The molecular weight excluding hydrogens is 364 g/mol. The average molecular weight is 399 g/mol. The second-order valence-corrected chi connectivity index (χ2v) is 9.26. The molecule has 1 aliphatic carbocycles. The van der Waals surface area contributed by atoms with Crippen LogP contribution in [0.4, 0.5) is 11.4 Å². The second-order valence-electron chi connectivity index (χ2n) is 9.26. The lowest BCUT2D eigenvalue weighted by Gasteiger charge is -2.28. The molecule has 0 amide bonds. The van der Waals surface area contributed by atoms with Crippen LogP contribution in [0.3, 0.4) is 0 Å². The lowest BCUT2D eigenvalue weighted by Crippen LogP contribution is -2.17. The van der Waals surface area contributed by atoms with Crippen LogP contribution in [0, 0.1) is 11.8 Å². The van der Waals surface area contributed by atoms with Crippen LogP contribution >= 0.6 is 0 Å². The largest absolute Gasteiger partial charge is 0.385 e. The van der Waals surface area contributed by atoms with Crippen molar-refractivity contribution in [1.29, 1.82) is 0 Å². The fourth-order valence-corrected chi connectivity index (χ4v) is 5.51. The SMILES string of the molecule is C(=C\C1CCNc2ccccc21)/C1CCC(/C=C/C2CCNc3ccccc32)CC1. The molecule has 2 N–H and O–H groups in total. The molecule has 30 heavy (non-hydrogen) atoms. The van der Waals surface area contributed by atoms with Gasteiger partial charge in [-0.2, -0.15) is 0 Å². The fourth-order valence-electron chi connectivity index (χ4n) is 5.51. The minimum Gasteiger partial charge on any atom is -0.385 e. The maximum absolute atomic E-state index is 3.54. The Kier molecular flexibility index (Phi) is 5.92. The van der Waals surface area contributed by atoms with E-state index >= 15 is 0 Å². The van der Waals surface area contributed by atoms with Gasteiger partial charge in [-0.1, -0.05) is 60.7 Å². The Labute approximate surface area is 181 Å². The molecule has 0 saturated heterocycles. The molecule has 0 bridgehead atoms. The number of rotatable bonds is 4. The highest BCUT2D eigenvalue weighted by Gasteiger charge is 2.21. The van der Waals surface area contributed by atoms with Gasteiger partial charge in [0.15, 0.2) is 0 Å². The average Bonchev–Trinajstić information content (AvgIpc) is 2.82. The van der Waals surface area contributed by atoms with Gasteiger partial charge >= 0.3 is 0 Å². The number of hydrogen-bond donors (Lipinski definition) is 2. The minimum absolute atomic E-state index is 0.583. The molecule has 2 nitrogen and oxygen atoms in total. The van der Waals surface area contributed by atoms with Crippen molar-refractivity contribution >= 4 is 11.4 Å². The Morgan fingerprint density at radius 2 is 0.967 bits per heavy atom. The monoisotopic (exact) mass is 398 g/mol. The molecule has 2 aromatic rings. The van der Waals surface area contributed by atoms with E-state index in [9.17, 15) is 0 Å². The molecule has 2 atom stereocenters. The van der Waals surface area contributed by atoms with Gasteiger partial charge in [0.05, 0.1) is 0 Å². The van der Waals surface area contributed by atoms with Crippen molar-refractivity contribution in [2.45, 2.75) is 50.4 Å². The molecule has 156 valence electrons. The summed E-state index contributed by atoms with van der Waals surface area (Å²) < 4.78 is 0. The summed E-state index contributed by atoms with van der Waals surface area (Å²) in [6.07, 6.45) is 17.8. The van der Waals surface area contributed by atoms with Crippen LogP contribution in [0.15, 0.2) is 72.8 Å². The Morgan fingerprint density at radius 1 is 0.533 bits per heavy atom. The third-order valence-corrected chi connectivity index (χ3v) is 7.31. The highest BCUT2D eigenvalue weighted by atomic mass is 14.9. The van der Waals surface area contributed by atoms with E-state index in [0.717, 1.165) is 24.9 Å². The summed E-state index contributed by atoms with van der Waals surface area (Å²) in [4.78, 5) is 0. The van der Waals surface area contributed by atoms with Crippen LogP contribution in [0.1, 0.15) is 61.5 Å². The minimum atomic E-state index is 0.583. The standard InChI is InChI=1S/C28H34N2/c1-3-7-27-25(5-1)23(17-19-29-27)15-13-21-9-11-22(12-10-21)14-16-24-18-20-30-28-8-4-2-6-26(24)28/h1-8,13-16,21-24,29-30H,9-12,17-20H2/b15-13+,16-14+. The third-order valence-electron chi connectivity index (χ3n) is 7.31. The van der Waals surface area contributed by atoms with Crippen molar-refractivity contribution < 1.29 is 0 Å². The van der Waals surface area contributed by atoms with E-state index < -0.39 is 0 Å². The van der Waals surface area contributed by atoms with Gasteiger partial charge in [-0.3, -0.25) is 0 Å². The smallest absolute Gasteiger partial charge is 0.0378 e. The molecule has 2 aliphatic heterocycles. The molecule has 2 unspecified atom stereocenters. The van der Waals surface area contributed by atoms with Gasteiger partial charge in [0, 0.05) is 36.3 Å². The van der Waals surface area contributed by atoms with Crippen LogP contribution in [0.2, 0.25) is 0 Å². The number of nitrogens with one attached hydrogen (secondary N) is 2. The second kappa shape index (κ2) is 9.12. The lowest BCUT2D eigenvalue weighted by atomic mass is 9.80. The van der Waals surface area contributed by atoms with Crippen LogP contribution in [0.5, 0.6) is 0 Å². The topological polar surface area (TPSA) is 24.1 Å². The molecule has 3 aliphatic rings. The zero-order valence-electron chi connectivity index (χ0n) is 17.9. The fraction of sp³-hybridized carbons (Fsp3) is 0.429. The van der Waals surface area contributed by atoms with E-state index in [1.54, 1.807) is 0 Å². The first kappa shape index (κ1) is 19.5. The predicted octanol–water partition coefficient (Wildman–Crippen LogP) is 7.10. The van der Waals surface area contributed by atoms with Gasteiger partial charge in [0.2, 0.25) is 0 Å². The zero-order chi connectivity index (χ0) is 20.2. The maximum Gasteiger partial charge on any atom is 0.0378 e. The van der Waals surface area contributed by atoms with Crippen molar-refractivity contribution in [2.24, 2.45) is 11.8 Å². The van der Waals surface area contributed by atoms with Gasteiger partial charge < -0.3 is 10.6 Å². The van der Waals surface area contributed by atoms with Crippen molar-refractivity contribution in [3.63, 3.8) is 0 Å². The normalized spacial score (nSPS) is 28.5. The predicted molar refractivity (Wildman–Crippen MR) is 128 cm³/mol. The first-order valence-corrected chi connectivity index (χ1v) is 11.9. The number of allylic oxidation sites excluding steroid dienone is 4. The van der Waals surface area contributed by atoms with E-state index in [4.69, 9.17) is 0 Å². The molecule has 0 aromatic heterocycles. The summed E-state index contributed by atoms with van der Waals surface area (Å²) in [5, 5.41) is 7.08. The highest BCUT2D eigenvalue weighted by Crippen LogP contribution is 2.36. The summed E-state index contributed by atoms with van der Waals surface area (Å²) in [6, 6.07) is 17.6. The summed E-state index contributed by atoms with van der Waals surface area (Å²) in [5.41, 5.74) is 5.59. The van der Waals surface area contributed by atoms with E-state index in [2.05, 4.69) is 83.5 Å². The molecule has 1 fully saturated rings. The van der Waals surface area contributed by atoms with Gasteiger partial charge in [-0.15, -0.1) is 0 Å². The van der Waals surface area contributed by atoms with Crippen molar-refractivity contribution in [2.75, 3.05) is 23.7 Å². The Morgan fingerprint density at radius 3 is 1.43 bits per heavy atom. The quantitative estimate of drug-likeness (QED) is 0.537. The summed E-state index contributed by atoms with van der Waals surface area (Å²) in [6.45, 7) is 2.17. The first-order chi connectivity index (χ1) is 14.9. The molecule has 5 rings (SSSR count). The number of para-hydroxylation sites is 2. The maximum atomic E-state index is 3.54. The number of hydrogen-bond acceptors (Lipinski definition) is 2. The molecule has 2 heterocycles. The van der Waals surface area contributed by atoms with Crippen molar-refractivity contribution in [1.82, 2.24) is 0 Å². The van der Waals surface area contributed by atoms with E-state index in [1.165, 1.54) is 61.0 Å².